The van der Waals surface area contributed by atoms with E-state index in [0.717, 1.165) is 52.9 Å². The molecule has 1 aliphatic rings. The molecule has 6 nitrogen and oxygen atoms in total. The fraction of sp³-hybridized carbons (Fsp3) is 0.458. The van der Waals surface area contributed by atoms with Crippen LogP contribution in [0.3, 0.4) is 0 Å². The molecule has 3 heterocycles. The molecule has 3 aromatic heterocycles. The van der Waals surface area contributed by atoms with Crippen LogP contribution in [-0.2, 0) is 29.0 Å². The molecule has 158 valence electrons. The van der Waals surface area contributed by atoms with Crippen LogP contribution in [0.1, 0.15) is 67.5 Å². The summed E-state index contributed by atoms with van der Waals surface area (Å²) < 4.78 is 7.53. The van der Waals surface area contributed by atoms with E-state index in [1.165, 1.54) is 18.4 Å². The summed E-state index contributed by atoms with van der Waals surface area (Å²) in [7, 11) is 1.69. The molecular weight excluding hydrogens is 378 g/mol. The van der Waals surface area contributed by atoms with Gasteiger partial charge in [0.05, 0.1) is 17.8 Å². The summed E-state index contributed by atoms with van der Waals surface area (Å²) in [4.78, 5) is 15.5. The van der Waals surface area contributed by atoms with Gasteiger partial charge in [0.1, 0.15) is 0 Å². The molecule has 0 atom stereocenters. The van der Waals surface area contributed by atoms with Crippen LogP contribution in [0.5, 0.6) is 0 Å². The van der Waals surface area contributed by atoms with E-state index in [1.54, 1.807) is 7.11 Å². The largest absolute Gasteiger partial charge is 0.481 e. The van der Waals surface area contributed by atoms with Gasteiger partial charge in [0.25, 0.3) is 0 Å². The van der Waals surface area contributed by atoms with Crippen LogP contribution in [0.15, 0.2) is 30.6 Å². The van der Waals surface area contributed by atoms with E-state index >= 15 is 0 Å². The zero-order chi connectivity index (χ0) is 21.1. The Hall–Kier alpha value is -2.73. The van der Waals surface area contributed by atoms with Gasteiger partial charge < -0.3 is 9.84 Å². The molecule has 1 aliphatic carbocycles. The lowest BCUT2D eigenvalue weighted by atomic mass is 9.94. The number of methoxy groups -OCH3 is 1. The third kappa shape index (κ3) is 4.24. The Morgan fingerprint density at radius 1 is 1.27 bits per heavy atom. The summed E-state index contributed by atoms with van der Waals surface area (Å²) in [5, 5.41) is 13.9. The van der Waals surface area contributed by atoms with Gasteiger partial charge in [-0.1, -0.05) is 6.92 Å². The maximum absolute atomic E-state index is 10.9. The molecule has 0 aliphatic heterocycles. The van der Waals surface area contributed by atoms with Gasteiger partial charge >= 0.3 is 5.97 Å². The molecule has 4 rings (SSSR count). The van der Waals surface area contributed by atoms with Crippen LogP contribution in [0.2, 0.25) is 0 Å². The van der Waals surface area contributed by atoms with Crippen molar-refractivity contribution >= 4 is 11.5 Å². The van der Waals surface area contributed by atoms with E-state index < -0.39 is 5.97 Å². The second-order valence-electron chi connectivity index (χ2n) is 8.09. The van der Waals surface area contributed by atoms with Gasteiger partial charge in [-0.3, -0.25) is 9.78 Å². The zero-order valence-electron chi connectivity index (χ0n) is 17.7. The molecule has 0 saturated heterocycles. The maximum atomic E-state index is 10.9. The second-order valence-corrected chi connectivity index (χ2v) is 8.09. The molecule has 0 spiro atoms. The summed E-state index contributed by atoms with van der Waals surface area (Å²) in [5.74, 6) is -0.118. The highest BCUT2D eigenvalue weighted by molar-refractivity contribution is 5.84. The summed E-state index contributed by atoms with van der Waals surface area (Å²) in [6.07, 6.45) is 9.69. The maximum Gasteiger partial charge on any atom is 0.303 e. The number of rotatable bonds is 10. The van der Waals surface area contributed by atoms with Gasteiger partial charge in [0, 0.05) is 42.7 Å². The Bertz CT molecular complexity index is 1050. The minimum atomic E-state index is -0.749. The minimum absolute atomic E-state index is 0.189. The van der Waals surface area contributed by atoms with Crippen LogP contribution in [0, 0.1) is 0 Å². The number of carboxylic acids is 1. The normalized spacial score (nSPS) is 13.8. The van der Waals surface area contributed by atoms with Crippen LogP contribution in [0.25, 0.3) is 16.6 Å². The predicted molar refractivity (Wildman–Crippen MR) is 116 cm³/mol. The SMILES string of the molecule is CCc1ccc2c(-c3cncc(C4CC4)c3)c(CCCCC(=O)O)c(COC)nn12. The van der Waals surface area contributed by atoms with Crippen LogP contribution >= 0.6 is 0 Å². The third-order valence-corrected chi connectivity index (χ3v) is 5.87. The number of unbranched alkanes of at least 4 members (excludes halogenated alkanes) is 1. The zero-order valence-corrected chi connectivity index (χ0v) is 17.7. The summed E-state index contributed by atoms with van der Waals surface area (Å²) in [6.45, 7) is 2.56. The Balaban J connectivity index is 1.84. The van der Waals surface area contributed by atoms with Crippen molar-refractivity contribution in [3.05, 3.63) is 53.1 Å². The van der Waals surface area contributed by atoms with Crippen molar-refractivity contribution in [3.8, 4) is 11.1 Å². The standard InChI is InChI=1S/C24H29N3O3/c1-3-19-10-11-22-24(18-12-17(13-25-14-18)16-8-9-16)20(6-4-5-7-23(28)29)21(15-30-2)26-27(19)22/h10-14,16H,3-9,15H2,1-2H3,(H,28,29). The quantitative estimate of drug-likeness (QED) is 0.490. The van der Waals surface area contributed by atoms with E-state index in [2.05, 4.69) is 30.1 Å². The number of carbonyl (C=O) groups is 1. The van der Waals surface area contributed by atoms with Gasteiger partial charge in [-0.15, -0.1) is 0 Å². The van der Waals surface area contributed by atoms with E-state index in [9.17, 15) is 4.79 Å². The number of ether oxygens (including phenoxy) is 1. The highest BCUT2D eigenvalue weighted by Crippen LogP contribution is 2.41. The van der Waals surface area contributed by atoms with E-state index in [4.69, 9.17) is 14.9 Å². The van der Waals surface area contributed by atoms with Gasteiger partial charge in [0.2, 0.25) is 0 Å². The lowest BCUT2D eigenvalue weighted by Crippen LogP contribution is -2.10. The van der Waals surface area contributed by atoms with Crippen LogP contribution in [-0.4, -0.2) is 32.8 Å². The Morgan fingerprint density at radius 3 is 2.80 bits per heavy atom. The number of hydrogen-bond acceptors (Lipinski definition) is 4. The summed E-state index contributed by atoms with van der Waals surface area (Å²) >= 11 is 0. The molecular formula is C24H29N3O3. The average molecular weight is 408 g/mol. The number of aryl methyl sites for hydroxylation is 1. The van der Waals surface area contributed by atoms with Gasteiger partial charge in [-0.2, -0.15) is 5.10 Å². The van der Waals surface area contributed by atoms with Gasteiger partial charge in [-0.05, 0) is 73.8 Å². The third-order valence-electron chi connectivity index (χ3n) is 5.87. The van der Waals surface area contributed by atoms with E-state index in [1.807, 2.05) is 16.9 Å². The van der Waals surface area contributed by atoms with Crippen LogP contribution < -0.4 is 0 Å². The molecule has 0 unspecified atom stereocenters. The topological polar surface area (TPSA) is 76.7 Å². The average Bonchev–Trinajstić information content (AvgIpc) is 3.51. The van der Waals surface area contributed by atoms with Crippen molar-refractivity contribution < 1.29 is 14.6 Å². The Labute approximate surface area is 176 Å². The number of nitrogens with zero attached hydrogens (tertiary/aromatic N) is 3. The van der Waals surface area contributed by atoms with Crippen molar-refractivity contribution in [2.75, 3.05) is 7.11 Å². The highest BCUT2D eigenvalue weighted by Gasteiger charge is 2.25. The Kier molecular flexibility index (Phi) is 6.13. The highest BCUT2D eigenvalue weighted by atomic mass is 16.5. The molecule has 0 bridgehead atoms. The smallest absolute Gasteiger partial charge is 0.303 e. The predicted octanol–water partition coefficient (Wildman–Crippen LogP) is 4.78. The van der Waals surface area contributed by atoms with Crippen molar-refractivity contribution in [2.45, 2.75) is 64.4 Å². The molecule has 1 saturated carbocycles. The number of aliphatic carboxylic acids is 1. The Morgan fingerprint density at radius 2 is 2.10 bits per heavy atom. The fourth-order valence-electron chi connectivity index (χ4n) is 4.18. The molecule has 0 aromatic carbocycles. The number of pyridine rings is 1. The lowest BCUT2D eigenvalue weighted by Gasteiger charge is -2.17. The molecule has 1 fully saturated rings. The van der Waals surface area contributed by atoms with E-state index in [-0.39, 0.29) is 6.42 Å². The molecule has 1 N–H and O–H groups in total. The fourth-order valence-corrected chi connectivity index (χ4v) is 4.18. The first kappa shape index (κ1) is 20.5. The van der Waals surface area contributed by atoms with Gasteiger partial charge in [0.15, 0.2) is 0 Å². The molecule has 0 radical (unpaired) electrons. The van der Waals surface area contributed by atoms with Crippen molar-refractivity contribution in [2.24, 2.45) is 0 Å². The molecule has 0 amide bonds. The first-order chi connectivity index (χ1) is 14.6. The molecule has 6 heteroatoms. The number of hydrogen-bond donors (Lipinski definition) is 1. The van der Waals surface area contributed by atoms with Crippen molar-refractivity contribution in [1.82, 2.24) is 14.6 Å². The first-order valence-corrected chi connectivity index (χ1v) is 10.8. The van der Waals surface area contributed by atoms with Crippen LogP contribution in [0.4, 0.5) is 0 Å². The summed E-state index contributed by atoms with van der Waals surface area (Å²) in [6, 6.07) is 6.55. The first-order valence-electron chi connectivity index (χ1n) is 10.8. The number of fused-ring (bicyclic) bond motifs is 1. The second kappa shape index (κ2) is 8.96. The van der Waals surface area contributed by atoms with E-state index in [0.29, 0.717) is 18.9 Å². The summed E-state index contributed by atoms with van der Waals surface area (Å²) in [5.41, 5.74) is 7.86. The molecule has 3 aromatic rings. The van der Waals surface area contributed by atoms with Crippen molar-refractivity contribution in [3.63, 3.8) is 0 Å². The number of aromatic nitrogens is 3. The monoisotopic (exact) mass is 407 g/mol. The lowest BCUT2D eigenvalue weighted by molar-refractivity contribution is -0.137. The van der Waals surface area contributed by atoms with Crippen molar-refractivity contribution in [1.29, 1.82) is 0 Å². The number of carboxylic acid groups (broad SMARTS) is 1. The minimum Gasteiger partial charge on any atom is -0.481 e. The molecule has 30 heavy (non-hydrogen) atoms. The van der Waals surface area contributed by atoms with Gasteiger partial charge in [-0.25, -0.2) is 4.52 Å².